The quantitative estimate of drug-likeness (QED) is 0.796. The van der Waals surface area contributed by atoms with Crippen molar-refractivity contribution in [2.75, 3.05) is 0 Å². The third kappa shape index (κ3) is 2.26. The highest BCUT2D eigenvalue weighted by Crippen LogP contribution is 2.42. The maximum absolute atomic E-state index is 12.9. The molecule has 122 valence electrons. The Bertz CT molecular complexity index is 1000. The second-order valence-electron chi connectivity index (χ2n) is 6.10. The van der Waals surface area contributed by atoms with Crippen LogP contribution in [-0.4, -0.2) is 20.6 Å². The Morgan fingerprint density at radius 1 is 1.38 bits per heavy atom. The van der Waals surface area contributed by atoms with E-state index in [2.05, 4.69) is 4.98 Å². The summed E-state index contributed by atoms with van der Waals surface area (Å²) in [4.78, 5) is 30.7. The fourth-order valence-electron chi connectivity index (χ4n) is 3.40. The highest BCUT2D eigenvalue weighted by atomic mass is 32.1. The summed E-state index contributed by atoms with van der Waals surface area (Å²) >= 11 is 1.47. The Labute approximate surface area is 142 Å². The maximum atomic E-state index is 12.9. The predicted molar refractivity (Wildman–Crippen MR) is 92.8 cm³/mol. The Hall–Kier alpha value is -2.47. The molecule has 6 heteroatoms. The molecular weight excluding hydrogens is 324 g/mol. The second-order valence-corrected chi connectivity index (χ2v) is 7.19. The normalized spacial score (nSPS) is 16.5. The number of carboxylic acid groups (broad SMARTS) is 1. The van der Waals surface area contributed by atoms with E-state index in [1.165, 1.54) is 11.3 Å². The Morgan fingerprint density at radius 3 is 2.83 bits per heavy atom. The zero-order valence-corrected chi connectivity index (χ0v) is 14.0. The van der Waals surface area contributed by atoms with Gasteiger partial charge in [-0.2, -0.15) is 0 Å². The summed E-state index contributed by atoms with van der Waals surface area (Å²) in [7, 11) is 1.71. The molecule has 0 aliphatic heterocycles. The average Bonchev–Trinajstić information content (AvgIpc) is 3.11. The fourth-order valence-corrected chi connectivity index (χ4v) is 4.66. The first kappa shape index (κ1) is 15.1. The van der Waals surface area contributed by atoms with Crippen molar-refractivity contribution in [3.8, 4) is 0 Å². The number of fused-ring (bicyclic) bond motifs is 3. The van der Waals surface area contributed by atoms with Crippen molar-refractivity contribution < 1.29 is 9.90 Å². The van der Waals surface area contributed by atoms with Gasteiger partial charge in [0.25, 0.3) is 5.56 Å². The molecule has 0 radical (unpaired) electrons. The zero-order valence-electron chi connectivity index (χ0n) is 13.2. The molecule has 0 bridgehead atoms. The van der Waals surface area contributed by atoms with Crippen LogP contribution in [0.1, 0.15) is 34.2 Å². The van der Waals surface area contributed by atoms with Gasteiger partial charge in [0.05, 0.1) is 11.3 Å². The van der Waals surface area contributed by atoms with E-state index in [4.69, 9.17) is 0 Å². The number of hydrogen-bond acceptors (Lipinski definition) is 4. The van der Waals surface area contributed by atoms with Crippen molar-refractivity contribution in [1.82, 2.24) is 9.55 Å². The zero-order chi connectivity index (χ0) is 16.8. The first-order chi connectivity index (χ1) is 11.6. The van der Waals surface area contributed by atoms with Gasteiger partial charge in [-0.3, -0.25) is 14.2 Å². The predicted octanol–water partition coefficient (Wildman–Crippen LogP) is 2.70. The molecule has 0 saturated heterocycles. The number of benzene rings is 1. The number of hydrogen-bond donors (Lipinski definition) is 1. The van der Waals surface area contributed by atoms with Crippen LogP contribution in [0.5, 0.6) is 0 Å². The molecule has 0 spiro atoms. The van der Waals surface area contributed by atoms with Crippen LogP contribution >= 0.6 is 11.3 Å². The highest BCUT2D eigenvalue weighted by Gasteiger charge is 2.34. The van der Waals surface area contributed by atoms with Crippen LogP contribution in [0.4, 0.5) is 0 Å². The summed E-state index contributed by atoms with van der Waals surface area (Å²) < 4.78 is 1.56. The minimum atomic E-state index is -0.858. The van der Waals surface area contributed by atoms with E-state index < -0.39 is 11.9 Å². The Kier molecular flexibility index (Phi) is 3.49. The molecule has 1 N–H and O–H groups in total. The van der Waals surface area contributed by atoms with Crippen LogP contribution in [0.25, 0.3) is 10.2 Å². The fraction of sp³-hybridized carbons (Fsp3) is 0.278. The van der Waals surface area contributed by atoms with Crippen LogP contribution in [-0.2, 0) is 24.7 Å². The largest absolute Gasteiger partial charge is 0.481 e. The molecule has 3 aromatic rings. The minimum Gasteiger partial charge on any atom is -0.481 e. The molecule has 24 heavy (non-hydrogen) atoms. The lowest BCUT2D eigenvalue weighted by atomic mass is 10.0. The van der Waals surface area contributed by atoms with Gasteiger partial charge in [0.15, 0.2) is 0 Å². The lowest BCUT2D eigenvalue weighted by Gasteiger charge is -2.09. The summed E-state index contributed by atoms with van der Waals surface area (Å²) in [5, 5.41) is 9.92. The standard InChI is InChI=1S/C18H16N2O3S/c1-20-13(9-10-5-3-2-4-6-10)19-16-15(17(20)21)14-11(18(22)23)7-8-12(14)24-16/h2-6,11H,7-9H2,1H3,(H,22,23). The first-order valence-electron chi connectivity index (χ1n) is 7.84. The molecule has 2 heterocycles. The summed E-state index contributed by atoms with van der Waals surface area (Å²) in [6.45, 7) is 0. The number of aliphatic carboxylic acids is 1. The Morgan fingerprint density at radius 2 is 2.12 bits per heavy atom. The molecule has 4 rings (SSSR count). The first-order valence-corrected chi connectivity index (χ1v) is 8.66. The SMILES string of the molecule is Cn1c(Cc2ccccc2)nc2sc3c(c2c1=O)C(C(=O)O)CC3. The summed E-state index contributed by atoms with van der Waals surface area (Å²) in [6, 6.07) is 9.89. The number of thiophene rings is 1. The van der Waals surface area contributed by atoms with Gasteiger partial charge >= 0.3 is 5.97 Å². The monoisotopic (exact) mass is 340 g/mol. The van der Waals surface area contributed by atoms with Gasteiger partial charge in [-0.25, -0.2) is 4.98 Å². The topological polar surface area (TPSA) is 72.2 Å². The van der Waals surface area contributed by atoms with Gasteiger partial charge in [-0.15, -0.1) is 11.3 Å². The van der Waals surface area contributed by atoms with Crippen molar-refractivity contribution in [1.29, 1.82) is 0 Å². The molecule has 1 unspecified atom stereocenters. The second kappa shape index (κ2) is 5.56. The molecule has 0 fully saturated rings. The van der Waals surface area contributed by atoms with Crippen LogP contribution in [0.3, 0.4) is 0 Å². The molecule has 2 aromatic heterocycles. The van der Waals surface area contributed by atoms with Crippen molar-refractivity contribution in [3.63, 3.8) is 0 Å². The van der Waals surface area contributed by atoms with E-state index in [1.54, 1.807) is 11.6 Å². The number of aromatic nitrogens is 2. The van der Waals surface area contributed by atoms with Crippen molar-refractivity contribution >= 4 is 27.5 Å². The molecule has 0 amide bonds. The van der Waals surface area contributed by atoms with E-state index in [0.717, 1.165) is 10.4 Å². The van der Waals surface area contributed by atoms with Crippen LogP contribution in [0, 0.1) is 0 Å². The Balaban J connectivity index is 1.88. The third-order valence-corrected chi connectivity index (χ3v) is 5.81. The smallest absolute Gasteiger partial charge is 0.311 e. The number of carbonyl (C=O) groups is 1. The van der Waals surface area contributed by atoms with Crippen LogP contribution < -0.4 is 5.56 Å². The molecule has 5 nitrogen and oxygen atoms in total. The number of aryl methyl sites for hydroxylation is 1. The molecule has 1 aliphatic rings. The molecule has 1 aromatic carbocycles. The number of rotatable bonds is 3. The molecule has 0 saturated carbocycles. The third-order valence-electron chi connectivity index (χ3n) is 4.65. The summed E-state index contributed by atoms with van der Waals surface area (Å²) in [5.74, 6) is -0.738. The van der Waals surface area contributed by atoms with E-state index >= 15 is 0 Å². The van der Waals surface area contributed by atoms with Crippen LogP contribution in [0.15, 0.2) is 35.1 Å². The van der Waals surface area contributed by atoms with Crippen molar-refractivity contribution in [2.45, 2.75) is 25.2 Å². The van der Waals surface area contributed by atoms with Gasteiger partial charge < -0.3 is 5.11 Å². The van der Waals surface area contributed by atoms with E-state index in [-0.39, 0.29) is 5.56 Å². The summed E-state index contributed by atoms with van der Waals surface area (Å²) in [5.41, 5.74) is 1.64. The number of nitrogens with zero attached hydrogens (tertiary/aromatic N) is 2. The average molecular weight is 340 g/mol. The summed E-state index contributed by atoms with van der Waals surface area (Å²) in [6.07, 6.45) is 1.86. The number of carboxylic acids is 1. The lowest BCUT2D eigenvalue weighted by Crippen LogP contribution is -2.23. The van der Waals surface area contributed by atoms with E-state index in [0.29, 0.717) is 40.9 Å². The van der Waals surface area contributed by atoms with Crippen LogP contribution in [0.2, 0.25) is 0 Å². The minimum absolute atomic E-state index is 0.142. The van der Waals surface area contributed by atoms with Gasteiger partial charge in [0.1, 0.15) is 10.7 Å². The maximum Gasteiger partial charge on any atom is 0.311 e. The molecule has 1 atom stereocenters. The molecular formula is C18H16N2O3S. The van der Waals surface area contributed by atoms with Gasteiger partial charge in [0.2, 0.25) is 0 Å². The lowest BCUT2D eigenvalue weighted by molar-refractivity contribution is -0.138. The molecule has 1 aliphatic carbocycles. The van der Waals surface area contributed by atoms with Gasteiger partial charge in [0, 0.05) is 18.3 Å². The van der Waals surface area contributed by atoms with Crippen molar-refractivity contribution in [3.05, 3.63) is 62.5 Å². The van der Waals surface area contributed by atoms with Gasteiger partial charge in [-0.05, 0) is 24.0 Å². The van der Waals surface area contributed by atoms with Gasteiger partial charge in [-0.1, -0.05) is 30.3 Å². The van der Waals surface area contributed by atoms with Crippen molar-refractivity contribution in [2.24, 2.45) is 7.05 Å². The highest BCUT2D eigenvalue weighted by molar-refractivity contribution is 7.18. The van der Waals surface area contributed by atoms with E-state index in [1.807, 2.05) is 30.3 Å². The van der Waals surface area contributed by atoms with E-state index in [9.17, 15) is 14.7 Å².